The summed E-state index contributed by atoms with van der Waals surface area (Å²) < 4.78 is 13.7. The SMILES string of the molecule is CC(C)(CN)CNC(=O)c1n[nH]c2c1C(/C=C/c1ccc(-c3cccc(F)c3)cn1)C1=C(CC3(CCCC3)CC1=O)N2. The molecule has 2 aromatic heterocycles. The number of fused-ring (bicyclic) bond motifs is 1. The third-order valence-electron chi connectivity index (χ3n) is 8.98. The maximum Gasteiger partial charge on any atom is 0.272 e. The van der Waals surface area contributed by atoms with Crippen molar-refractivity contribution in [2.24, 2.45) is 16.6 Å². The van der Waals surface area contributed by atoms with E-state index in [-0.39, 0.29) is 34.0 Å². The number of amides is 1. The molecule has 9 heteroatoms. The molecule has 1 unspecified atom stereocenters. The van der Waals surface area contributed by atoms with Gasteiger partial charge in [0, 0.05) is 47.5 Å². The second kappa shape index (κ2) is 10.9. The lowest BCUT2D eigenvalue weighted by molar-refractivity contribution is -0.118. The van der Waals surface area contributed by atoms with Crippen LogP contribution in [0.5, 0.6) is 0 Å². The lowest BCUT2D eigenvalue weighted by Gasteiger charge is -2.39. The normalized spacial score (nSPS) is 19.6. The number of rotatable bonds is 7. The molecular formula is C33H37FN6O2. The van der Waals surface area contributed by atoms with Crippen LogP contribution in [0, 0.1) is 16.6 Å². The standard InChI is InChI=1S/C33H37FN6O2/c1-32(2,18-35)19-37-31(42)29-28-24(11-10-23-9-8-21(17-36-23)20-6-5-7-22(34)14-20)27-25(38-30(28)40-39-29)15-33(16-26(27)41)12-3-4-13-33/h5-11,14,17,24H,3-4,12-13,15-16,18-19,35H2,1-2H3,(H,37,42)(H2,38,39,40)/b11-10+. The summed E-state index contributed by atoms with van der Waals surface area (Å²) in [5, 5.41) is 13.9. The number of nitrogens with one attached hydrogen (secondary N) is 3. The van der Waals surface area contributed by atoms with Gasteiger partial charge in [-0.1, -0.05) is 51.0 Å². The van der Waals surface area contributed by atoms with Gasteiger partial charge in [0.2, 0.25) is 0 Å². The van der Waals surface area contributed by atoms with Crippen molar-refractivity contribution in [1.82, 2.24) is 20.5 Å². The summed E-state index contributed by atoms with van der Waals surface area (Å²) in [5.41, 5.74) is 10.4. The maximum atomic E-state index is 13.8. The fraction of sp³-hybridized carbons (Fsp3) is 0.394. The Balaban J connectivity index is 1.34. The maximum absolute atomic E-state index is 13.8. The van der Waals surface area contributed by atoms with Crippen LogP contribution in [-0.4, -0.2) is 40.0 Å². The number of halogens is 1. The average Bonchev–Trinajstić information content (AvgIpc) is 3.61. The molecule has 3 heterocycles. The topological polar surface area (TPSA) is 126 Å². The van der Waals surface area contributed by atoms with E-state index >= 15 is 0 Å². The number of aromatic nitrogens is 3. The summed E-state index contributed by atoms with van der Waals surface area (Å²) in [6.45, 7) is 4.80. The lowest BCUT2D eigenvalue weighted by atomic mass is 9.67. The number of hydrogen-bond donors (Lipinski definition) is 4. The van der Waals surface area contributed by atoms with E-state index in [0.29, 0.717) is 42.2 Å². The molecule has 8 nitrogen and oxygen atoms in total. The van der Waals surface area contributed by atoms with Crippen molar-refractivity contribution >= 4 is 23.6 Å². The molecule has 0 radical (unpaired) electrons. The first-order chi connectivity index (χ1) is 20.2. The summed E-state index contributed by atoms with van der Waals surface area (Å²) in [7, 11) is 0. The average molecular weight is 569 g/mol. The first-order valence-corrected chi connectivity index (χ1v) is 14.7. The summed E-state index contributed by atoms with van der Waals surface area (Å²) in [5.74, 6) is -0.313. The third kappa shape index (κ3) is 5.41. The number of nitrogens with zero attached hydrogens (tertiary/aromatic N) is 2. The first-order valence-electron chi connectivity index (χ1n) is 14.7. The zero-order valence-electron chi connectivity index (χ0n) is 24.1. The van der Waals surface area contributed by atoms with E-state index < -0.39 is 5.92 Å². The Hall–Kier alpha value is -4.11. The van der Waals surface area contributed by atoms with Crippen molar-refractivity contribution in [3.05, 3.63) is 82.7 Å². The van der Waals surface area contributed by atoms with Gasteiger partial charge in [0.25, 0.3) is 5.91 Å². The first kappa shape index (κ1) is 28.0. The van der Waals surface area contributed by atoms with Crippen LogP contribution in [0.2, 0.25) is 0 Å². The van der Waals surface area contributed by atoms with Crippen molar-refractivity contribution < 1.29 is 14.0 Å². The van der Waals surface area contributed by atoms with Crippen molar-refractivity contribution in [2.75, 3.05) is 18.4 Å². The van der Waals surface area contributed by atoms with Gasteiger partial charge in [-0.15, -0.1) is 0 Å². The molecule has 0 saturated heterocycles. The predicted molar refractivity (Wildman–Crippen MR) is 161 cm³/mol. The van der Waals surface area contributed by atoms with Crippen molar-refractivity contribution in [3.63, 3.8) is 0 Å². The summed E-state index contributed by atoms with van der Waals surface area (Å²) >= 11 is 0. The van der Waals surface area contributed by atoms with Gasteiger partial charge in [0.15, 0.2) is 11.5 Å². The summed E-state index contributed by atoms with van der Waals surface area (Å²) in [6.07, 6.45) is 11.3. The number of H-pyrrole nitrogens is 1. The Labute approximate surface area is 245 Å². The molecule has 3 aromatic rings. The number of allylic oxidation sites excluding steroid dienone is 3. The van der Waals surface area contributed by atoms with Gasteiger partial charge in [-0.05, 0) is 66.5 Å². The van der Waals surface area contributed by atoms with E-state index in [1.807, 2.05) is 44.2 Å². The minimum Gasteiger partial charge on any atom is -0.350 e. The molecule has 218 valence electrons. The van der Waals surface area contributed by atoms with Gasteiger partial charge >= 0.3 is 0 Å². The Morgan fingerprint density at radius 3 is 2.71 bits per heavy atom. The Morgan fingerprint density at radius 1 is 1.19 bits per heavy atom. The van der Waals surface area contributed by atoms with Crippen LogP contribution < -0.4 is 16.4 Å². The zero-order valence-corrected chi connectivity index (χ0v) is 24.1. The number of aromatic amines is 1. The molecule has 5 N–H and O–H groups in total. The van der Waals surface area contributed by atoms with Crippen molar-refractivity contribution in [3.8, 4) is 11.1 Å². The predicted octanol–water partition coefficient (Wildman–Crippen LogP) is 5.73. The summed E-state index contributed by atoms with van der Waals surface area (Å²) in [6, 6.07) is 10.2. The molecule has 1 aliphatic heterocycles. The highest BCUT2D eigenvalue weighted by Crippen LogP contribution is 2.53. The van der Waals surface area contributed by atoms with E-state index in [9.17, 15) is 14.0 Å². The van der Waals surface area contributed by atoms with E-state index in [4.69, 9.17) is 5.73 Å². The van der Waals surface area contributed by atoms with Crippen LogP contribution in [-0.2, 0) is 4.79 Å². The lowest BCUT2D eigenvalue weighted by Crippen LogP contribution is -2.39. The molecule has 1 atom stereocenters. The number of carbonyl (C=O) groups excluding carboxylic acids is 2. The van der Waals surface area contributed by atoms with Crippen LogP contribution in [0.1, 0.15) is 80.0 Å². The second-order valence-electron chi connectivity index (χ2n) is 12.7. The largest absolute Gasteiger partial charge is 0.350 e. The second-order valence-corrected chi connectivity index (χ2v) is 12.7. The van der Waals surface area contributed by atoms with E-state index in [1.54, 1.807) is 12.3 Å². The van der Waals surface area contributed by atoms with Gasteiger partial charge < -0.3 is 16.4 Å². The highest BCUT2D eigenvalue weighted by molar-refractivity contribution is 6.03. The fourth-order valence-electron chi connectivity index (χ4n) is 6.51. The Bertz CT molecular complexity index is 1580. The Morgan fingerprint density at radius 2 is 2.00 bits per heavy atom. The van der Waals surface area contributed by atoms with Crippen LogP contribution >= 0.6 is 0 Å². The molecule has 6 rings (SSSR count). The number of benzene rings is 1. The molecule has 1 amide bonds. The molecule has 3 aliphatic rings. The van der Waals surface area contributed by atoms with Crippen molar-refractivity contribution in [1.29, 1.82) is 0 Å². The minimum atomic E-state index is -0.464. The number of nitrogens with two attached hydrogens (primary N) is 1. The van der Waals surface area contributed by atoms with Crippen LogP contribution in [0.15, 0.2) is 59.9 Å². The summed E-state index contributed by atoms with van der Waals surface area (Å²) in [4.78, 5) is 31.8. The smallest absolute Gasteiger partial charge is 0.272 e. The molecule has 1 fully saturated rings. The zero-order chi connectivity index (χ0) is 29.5. The van der Waals surface area contributed by atoms with Crippen LogP contribution in [0.25, 0.3) is 17.2 Å². The number of Topliss-reactive ketones (excluding diaryl/α,β-unsaturated/α-hetero) is 1. The van der Waals surface area contributed by atoms with Crippen LogP contribution in [0.4, 0.5) is 10.2 Å². The highest BCUT2D eigenvalue weighted by atomic mass is 19.1. The van der Waals surface area contributed by atoms with E-state index in [1.165, 1.54) is 12.1 Å². The highest BCUT2D eigenvalue weighted by Gasteiger charge is 2.46. The van der Waals surface area contributed by atoms with Crippen LogP contribution in [0.3, 0.4) is 0 Å². The molecule has 42 heavy (non-hydrogen) atoms. The number of carbonyl (C=O) groups is 2. The molecule has 2 aliphatic carbocycles. The van der Waals surface area contributed by atoms with Gasteiger partial charge in [0.1, 0.15) is 11.6 Å². The van der Waals surface area contributed by atoms with Crippen molar-refractivity contribution in [2.45, 2.75) is 58.3 Å². The van der Waals surface area contributed by atoms with Gasteiger partial charge in [-0.2, -0.15) is 5.10 Å². The fourth-order valence-corrected chi connectivity index (χ4v) is 6.51. The molecule has 1 saturated carbocycles. The van der Waals surface area contributed by atoms with Gasteiger partial charge in [-0.3, -0.25) is 19.7 Å². The molecule has 1 spiro atoms. The molecule has 1 aromatic carbocycles. The molecule has 0 bridgehead atoms. The third-order valence-corrected chi connectivity index (χ3v) is 8.98. The van der Waals surface area contributed by atoms with Gasteiger partial charge in [-0.25, -0.2) is 4.39 Å². The van der Waals surface area contributed by atoms with E-state index in [0.717, 1.165) is 48.9 Å². The number of hydrogen-bond acceptors (Lipinski definition) is 6. The number of pyridine rings is 1. The van der Waals surface area contributed by atoms with E-state index in [2.05, 4.69) is 25.8 Å². The minimum absolute atomic E-state index is 0.0109. The Kier molecular flexibility index (Phi) is 7.30. The quantitative estimate of drug-likeness (QED) is 0.289. The number of ketones is 1. The monoisotopic (exact) mass is 568 g/mol. The number of anilines is 1. The van der Waals surface area contributed by atoms with Gasteiger partial charge in [0.05, 0.1) is 5.69 Å². The molecular weight excluding hydrogens is 531 g/mol.